The molecule has 1 heterocycles. The van der Waals surface area contributed by atoms with Gasteiger partial charge in [0, 0.05) is 11.6 Å². The molecule has 0 saturated heterocycles. The molecule has 0 aliphatic rings. The summed E-state index contributed by atoms with van der Waals surface area (Å²) in [6, 6.07) is 9.81. The third kappa shape index (κ3) is 2.85. The zero-order valence-electron chi connectivity index (χ0n) is 12.3. The fraction of sp³-hybridized carbons (Fsp3) is 0.176. The molecule has 0 aliphatic heterocycles. The van der Waals surface area contributed by atoms with Gasteiger partial charge in [-0.05, 0) is 25.1 Å². The van der Waals surface area contributed by atoms with E-state index < -0.39 is 17.7 Å². The number of para-hydroxylation sites is 1. The van der Waals surface area contributed by atoms with Gasteiger partial charge in [-0.1, -0.05) is 18.2 Å². The number of aromatic nitrogens is 2. The van der Waals surface area contributed by atoms with Gasteiger partial charge in [0.15, 0.2) is 0 Å². The number of hydrogen-bond donors (Lipinski definition) is 1. The Labute approximate surface area is 130 Å². The second-order valence-corrected chi connectivity index (χ2v) is 5.27. The minimum atomic E-state index is -1.28. The third-order valence-corrected chi connectivity index (χ3v) is 3.73. The fourth-order valence-electron chi connectivity index (χ4n) is 2.54. The molecule has 1 aromatic heterocycles. The van der Waals surface area contributed by atoms with Crippen LogP contribution in [-0.2, 0) is 6.54 Å². The van der Waals surface area contributed by atoms with Gasteiger partial charge >= 0.3 is 0 Å². The van der Waals surface area contributed by atoms with Crippen LogP contribution in [0.15, 0.2) is 47.3 Å². The lowest BCUT2D eigenvalue weighted by molar-refractivity contribution is 0.149. The molecule has 23 heavy (non-hydrogen) atoms. The van der Waals surface area contributed by atoms with Crippen LogP contribution < -0.4 is 5.56 Å². The second-order valence-electron chi connectivity index (χ2n) is 5.27. The normalized spacial score (nSPS) is 12.5. The predicted octanol–water partition coefficient (Wildman–Crippen LogP) is 2.72. The summed E-state index contributed by atoms with van der Waals surface area (Å²) >= 11 is 0. The average molecular weight is 316 g/mol. The number of aliphatic hydroxyl groups is 1. The number of aryl methyl sites for hydroxylation is 1. The molecule has 1 atom stereocenters. The van der Waals surface area contributed by atoms with E-state index in [9.17, 15) is 18.7 Å². The van der Waals surface area contributed by atoms with Crippen LogP contribution in [0.4, 0.5) is 8.78 Å². The molecule has 3 aromatic rings. The SMILES string of the molecule is Cc1nc2ccccc2c(=O)n1C[C@H](O)c1ccc(F)cc1F. The number of hydrogen-bond acceptors (Lipinski definition) is 3. The van der Waals surface area contributed by atoms with Crippen LogP contribution in [0.25, 0.3) is 10.9 Å². The lowest BCUT2D eigenvalue weighted by atomic mass is 10.1. The van der Waals surface area contributed by atoms with Gasteiger partial charge in [-0.25, -0.2) is 13.8 Å². The standard InChI is InChI=1S/C17H14F2N2O2/c1-10-20-15-5-3-2-4-13(15)17(23)21(10)9-16(22)12-7-6-11(18)8-14(12)19/h2-8,16,22H,9H2,1H3/t16-/m0/s1. The lowest BCUT2D eigenvalue weighted by Gasteiger charge is -2.16. The molecule has 1 N–H and O–H groups in total. The first-order valence-electron chi connectivity index (χ1n) is 7.06. The zero-order chi connectivity index (χ0) is 16.6. The zero-order valence-corrected chi connectivity index (χ0v) is 12.3. The molecule has 0 amide bonds. The predicted molar refractivity (Wildman–Crippen MR) is 82.1 cm³/mol. The van der Waals surface area contributed by atoms with Crippen LogP contribution >= 0.6 is 0 Å². The van der Waals surface area contributed by atoms with E-state index >= 15 is 0 Å². The number of halogens is 2. The molecule has 3 rings (SSSR count). The summed E-state index contributed by atoms with van der Waals surface area (Å²) in [6.07, 6.45) is -1.28. The van der Waals surface area contributed by atoms with E-state index in [0.717, 1.165) is 6.07 Å². The van der Waals surface area contributed by atoms with Crippen molar-refractivity contribution in [3.63, 3.8) is 0 Å². The van der Waals surface area contributed by atoms with Gasteiger partial charge in [0.25, 0.3) is 5.56 Å². The molecule has 2 aromatic carbocycles. The first kappa shape index (κ1) is 15.3. The molecule has 118 valence electrons. The van der Waals surface area contributed by atoms with Gasteiger partial charge in [0.2, 0.25) is 0 Å². The number of benzene rings is 2. The largest absolute Gasteiger partial charge is 0.386 e. The van der Waals surface area contributed by atoms with Crippen LogP contribution in [0.2, 0.25) is 0 Å². The van der Waals surface area contributed by atoms with Crippen LogP contribution in [0.5, 0.6) is 0 Å². The number of fused-ring (bicyclic) bond motifs is 1. The Balaban J connectivity index is 2.02. The van der Waals surface area contributed by atoms with E-state index in [1.54, 1.807) is 31.2 Å². The molecular formula is C17H14F2N2O2. The van der Waals surface area contributed by atoms with Crippen molar-refractivity contribution in [2.75, 3.05) is 0 Å². The van der Waals surface area contributed by atoms with Crippen LogP contribution in [-0.4, -0.2) is 14.7 Å². The van der Waals surface area contributed by atoms with E-state index in [4.69, 9.17) is 0 Å². The maximum Gasteiger partial charge on any atom is 0.261 e. The highest BCUT2D eigenvalue weighted by Gasteiger charge is 2.17. The molecule has 0 saturated carbocycles. The number of rotatable bonds is 3. The van der Waals surface area contributed by atoms with Crippen molar-refractivity contribution in [2.24, 2.45) is 0 Å². The number of aliphatic hydroxyl groups excluding tert-OH is 1. The van der Waals surface area contributed by atoms with E-state index in [1.165, 1.54) is 10.6 Å². The van der Waals surface area contributed by atoms with Crippen molar-refractivity contribution in [2.45, 2.75) is 19.6 Å². The maximum atomic E-state index is 13.8. The van der Waals surface area contributed by atoms with Crippen molar-refractivity contribution >= 4 is 10.9 Å². The van der Waals surface area contributed by atoms with E-state index in [-0.39, 0.29) is 17.7 Å². The first-order chi connectivity index (χ1) is 11.0. The summed E-state index contributed by atoms with van der Waals surface area (Å²) in [4.78, 5) is 16.8. The van der Waals surface area contributed by atoms with Crippen molar-refractivity contribution in [1.29, 1.82) is 0 Å². The molecule has 0 unspecified atom stereocenters. The Morgan fingerprint density at radius 2 is 1.96 bits per heavy atom. The Hall–Kier alpha value is -2.60. The first-order valence-corrected chi connectivity index (χ1v) is 7.06. The monoisotopic (exact) mass is 316 g/mol. The van der Waals surface area contributed by atoms with E-state index in [1.807, 2.05) is 0 Å². The molecular weight excluding hydrogens is 302 g/mol. The molecule has 0 bridgehead atoms. The number of nitrogens with zero attached hydrogens (tertiary/aromatic N) is 2. The van der Waals surface area contributed by atoms with Gasteiger partial charge in [-0.3, -0.25) is 9.36 Å². The fourth-order valence-corrected chi connectivity index (χ4v) is 2.54. The van der Waals surface area contributed by atoms with Gasteiger partial charge in [-0.15, -0.1) is 0 Å². The van der Waals surface area contributed by atoms with E-state index in [2.05, 4.69) is 4.98 Å². The molecule has 0 fully saturated rings. The van der Waals surface area contributed by atoms with Gasteiger partial charge in [0.05, 0.1) is 23.6 Å². The summed E-state index contributed by atoms with van der Waals surface area (Å²) in [6.45, 7) is 1.48. The highest BCUT2D eigenvalue weighted by Crippen LogP contribution is 2.20. The van der Waals surface area contributed by atoms with Crippen molar-refractivity contribution < 1.29 is 13.9 Å². The molecule has 0 aliphatic carbocycles. The summed E-state index contributed by atoms with van der Waals surface area (Å²) in [5, 5.41) is 10.6. The molecule has 6 heteroatoms. The summed E-state index contributed by atoms with van der Waals surface area (Å²) in [7, 11) is 0. The van der Waals surface area contributed by atoms with Gasteiger partial charge in [0.1, 0.15) is 17.5 Å². The lowest BCUT2D eigenvalue weighted by Crippen LogP contribution is -2.27. The summed E-state index contributed by atoms with van der Waals surface area (Å²) in [5.74, 6) is -1.16. The maximum absolute atomic E-state index is 13.8. The smallest absolute Gasteiger partial charge is 0.261 e. The molecule has 0 radical (unpaired) electrons. The average Bonchev–Trinajstić information content (AvgIpc) is 2.51. The quantitative estimate of drug-likeness (QED) is 0.808. The molecule has 4 nitrogen and oxygen atoms in total. The van der Waals surface area contributed by atoms with E-state index in [0.29, 0.717) is 22.8 Å². The Morgan fingerprint density at radius 1 is 1.22 bits per heavy atom. The summed E-state index contributed by atoms with van der Waals surface area (Å²) < 4.78 is 28.0. The highest BCUT2D eigenvalue weighted by molar-refractivity contribution is 5.77. The Kier molecular flexibility index (Phi) is 3.92. The van der Waals surface area contributed by atoms with Gasteiger partial charge in [-0.2, -0.15) is 0 Å². The minimum Gasteiger partial charge on any atom is -0.386 e. The third-order valence-electron chi connectivity index (χ3n) is 3.73. The van der Waals surface area contributed by atoms with Crippen LogP contribution in [0.3, 0.4) is 0 Å². The summed E-state index contributed by atoms with van der Waals surface area (Å²) in [5.41, 5.74) is 0.189. The minimum absolute atomic E-state index is 0.0640. The second kappa shape index (κ2) is 5.89. The highest BCUT2D eigenvalue weighted by atomic mass is 19.1. The van der Waals surface area contributed by atoms with Gasteiger partial charge < -0.3 is 5.11 Å². The topological polar surface area (TPSA) is 55.1 Å². The van der Waals surface area contributed by atoms with Crippen molar-refractivity contribution in [1.82, 2.24) is 9.55 Å². The Morgan fingerprint density at radius 3 is 2.70 bits per heavy atom. The molecule has 0 spiro atoms. The Bertz CT molecular complexity index is 938. The van der Waals surface area contributed by atoms with Crippen molar-refractivity contribution in [3.8, 4) is 0 Å². The van der Waals surface area contributed by atoms with Crippen LogP contribution in [0.1, 0.15) is 17.5 Å². The van der Waals surface area contributed by atoms with Crippen LogP contribution in [0, 0.1) is 18.6 Å². The van der Waals surface area contributed by atoms with Crippen molar-refractivity contribution in [3.05, 3.63) is 75.8 Å².